The van der Waals surface area contributed by atoms with Crippen molar-refractivity contribution < 1.29 is 19.1 Å². The van der Waals surface area contributed by atoms with Crippen molar-refractivity contribution >= 4 is 29.3 Å². The molecule has 1 fully saturated rings. The number of benzene rings is 1. The number of amides is 2. The highest BCUT2D eigenvalue weighted by Crippen LogP contribution is 2.30. The minimum atomic E-state index is -1.04. The fourth-order valence-electron chi connectivity index (χ4n) is 4.10. The van der Waals surface area contributed by atoms with Crippen LogP contribution < -0.4 is 21.3 Å². The molecule has 2 aliphatic rings. The Kier molecular flexibility index (Phi) is 5.43. The molecule has 2 aromatic rings. The van der Waals surface area contributed by atoms with Gasteiger partial charge in [-0.25, -0.2) is 14.2 Å². The quantitative estimate of drug-likeness (QED) is 0.512. The maximum atomic E-state index is 13.6. The normalized spacial score (nSPS) is 20.3. The molecule has 1 aromatic heterocycles. The average molecular weight is 413 g/mol. The number of anilines is 3. The molecule has 2 amide bonds. The molecule has 1 aliphatic carbocycles. The van der Waals surface area contributed by atoms with E-state index in [0.29, 0.717) is 35.0 Å². The number of hydrogen-bond acceptors (Lipinski definition) is 5. The van der Waals surface area contributed by atoms with E-state index < -0.39 is 6.09 Å². The van der Waals surface area contributed by atoms with Crippen molar-refractivity contribution in [3.8, 4) is 0 Å². The van der Waals surface area contributed by atoms with Crippen LogP contribution >= 0.6 is 0 Å². The molecule has 158 valence electrons. The lowest BCUT2D eigenvalue weighted by Gasteiger charge is -2.32. The van der Waals surface area contributed by atoms with Crippen LogP contribution in [0, 0.1) is 12.7 Å². The largest absolute Gasteiger partial charge is 0.465 e. The SMILES string of the molecule is Cc1cc(Nc2nc(N[C@@H]3CCCC[C@@H]3NC(=O)O)cc3c2C(=O)NC3)ccc1F. The van der Waals surface area contributed by atoms with E-state index in [9.17, 15) is 14.0 Å². The first-order chi connectivity index (χ1) is 14.4. The van der Waals surface area contributed by atoms with Crippen molar-refractivity contribution in [2.75, 3.05) is 10.6 Å². The molecule has 5 N–H and O–H groups in total. The highest BCUT2D eigenvalue weighted by molar-refractivity contribution is 6.03. The second-order valence-electron chi connectivity index (χ2n) is 7.75. The summed E-state index contributed by atoms with van der Waals surface area (Å²) in [6, 6.07) is 6.14. The molecule has 1 aromatic carbocycles. The first-order valence-corrected chi connectivity index (χ1v) is 10.0. The van der Waals surface area contributed by atoms with E-state index in [2.05, 4.69) is 26.3 Å². The van der Waals surface area contributed by atoms with Crippen LogP contribution in [-0.2, 0) is 6.54 Å². The molecule has 1 saturated carbocycles. The van der Waals surface area contributed by atoms with E-state index in [4.69, 9.17) is 5.11 Å². The van der Waals surface area contributed by atoms with Crippen molar-refractivity contribution in [2.45, 2.75) is 51.2 Å². The Bertz CT molecular complexity index is 997. The van der Waals surface area contributed by atoms with Gasteiger partial charge in [-0.15, -0.1) is 0 Å². The van der Waals surface area contributed by atoms with Crippen LogP contribution in [0.1, 0.15) is 47.2 Å². The summed E-state index contributed by atoms with van der Waals surface area (Å²) >= 11 is 0. The van der Waals surface area contributed by atoms with Gasteiger partial charge >= 0.3 is 6.09 Å². The molecule has 8 nitrogen and oxygen atoms in total. The van der Waals surface area contributed by atoms with Gasteiger partial charge in [0.25, 0.3) is 5.91 Å². The van der Waals surface area contributed by atoms with Crippen LogP contribution in [-0.4, -0.2) is 34.2 Å². The molecule has 2 heterocycles. The van der Waals surface area contributed by atoms with Crippen LogP contribution in [0.25, 0.3) is 0 Å². The minimum Gasteiger partial charge on any atom is -0.465 e. The van der Waals surface area contributed by atoms with Gasteiger partial charge in [0.2, 0.25) is 0 Å². The number of nitrogens with one attached hydrogen (secondary N) is 4. The molecule has 9 heteroatoms. The number of aryl methyl sites for hydroxylation is 1. The summed E-state index contributed by atoms with van der Waals surface area (Å²) in [6.45, 7) is 2.06. The Balaban J connectivity index is 1.63. The molecule has 0 unspecified atom stereocenters. The zero-order valence-corrected chi connectivity index (χ0v) is 16.6. The first kappa shape index (κ1) is 19.9. The van der Waals surface area contributed by atoms with Gasteiger partial charge < -0.3 is 26.4 Å². The van der Waals surface area contributed by atoms with E-state index >= 15 is 0 Å². The van der Waals surface area contributed by atoms with Crippen molar-refractivity contribution in [3.63, 3.8) is 0 Å². The summed E-state index contributed by atoms with van der Waals surface area (Å²) in [5, 5.41) is 21.0. The van der Waals surface area contributed by atoms with Gasteiger partial charge in [0.15, 0.2) is 0 Å². The molecule has 4 rings (SSSR count). The molecule has 2 atom stereocenters. The van der Waals surface area contributed by atoms with Gasteiger partial charge in [0, 0.05) is 18.3 Å². The van der Waals surface area contributed by atoms with Crippen molar-refractivity contribution in [3.05, 3.63) is 46.8 Å². The molecular formula is C21H24FN5O3. The Morgan fingerprint density at radius 3 is 2.73 bits per heavy atom. The molecule has 0 bridgehead atoms. The predicted octanol–water partition coefficient (Wildman–Crippen LogP) is 3.51. The van der Waals surface area contributed by atoms with Crippen LogP contribution in [0.15, 0.2) is 24.3 Å². The number of fused-ring (bicyclic) bond motifs is 1. The third-order valence-electron chi connectivity index (χ3n) is 5.60. The standard InChI is InChI=1S/C21H24FN5O3/c1-11-8-13(6-7-14(11)22)24-19-18-12(10-23-20(18)28)9-17(27-19)25-15-4-2-3-5-16(15)26-21(29)30/h6-9,15-16,26H,2-5,10H2,1H3,(H,23,28)(H,29,30)(H2,24,25,27)/t15-,16+/m1/s1. The monoisotopic (exact) mass is 413 g/mol. The van der Waals surface area contributed by atoms with Crippen molar-refractivity contribution in [2.24, 2.45) is 0 Å². The van der Waals surface area contributed by atoms with E-state index in [1.165, 1.54) is 6.07 Å². The molecule has 1 aliphatic heterocycles. The third-order valence-corrected chi connectivity index (χ3v) is 5.60. The first-order valence-electron chi connectivity index (χ1n) is 10.0. The van der Waals surface area contributed by atoms with Gasteiger partial charge in [-0.05, 0) is 55.2 Å². The van der Waals surface area contributed by atoms with E-state index in [-0.39, 0.29) is 23.8 Å². The highest BCUT2D eigenvalue weighted by atomic mass is 19.1. The predicted molar refractivity (Wildman–Crippen MR) is 111 cm³/mol. The fraction of sp³-hybridized carbons (Fsp3) is 0.381. The maximum absolute atomic E-state index is 13.6. The second kappa shape index (κ2) is 8.17. The average Bonchev–Trinajstić information content (AvgIpc) is 3.07. The summed E-state index contributed by atoms with van der Waals surface area (Å²) in [7, 11) is 0. The lowest BCUT2D eigenvalue weighted by Crippen LogP contribution is -2.48. The highest BCUT2D eigenvalue weighted by Gasteiger charge is 2.29. The summed E-state index contributed by atoms with van der Waals surface area (Å²) in [4.78, 5) is 28.1. The minimum absolute atomic E-state index is 0.0913. The Hall–Kier alpha value is -3.36. The van der Waals surface area contributed by atoms with Gasteiger partial charge in [-0.1, -0.05) is 12.8 Å². The van der Waals surface area contributed by atoms with Crippen LogP contribution in [0.4, 0.5) is 26.5 Å². The second-order valence-corrected chi connectivity index (χ2v) is 7.75. The van der Waals surface area contributed by atoms with E-state index in [1.807, 2.05) is 6.07 Å². The lowest BCUT2D eigenvalue weighted by molar-refractivity contribution is 0.0966. The number of halogens is 1. The zero-order valence-electron chi connectivity index (χ0n) is 16.6. The number of aromatic nitrogens is 1. The van der Waals surface area contributed by atoms with Crippen LogP contribution in [0.3, 0.4) is 0 Å². The fourth-order valence-corrected chi connectivity index (χ4v) is 4.10. The van der Waals surface area contributed by atoms with Crippen LogP contribution in [0.2, 0.25) is 0 Å². The molecule has 0 saturated heterocycles. The molecular weight excluding hydrogens is 389 g/mol. The number of carbonyl (C=O) groups is 2. The van der Waals surface area contributed by atoms with Crippen molar-refractivity contribution in [1.82, 2.24) is 15.6 Å². The zero-order chi connectivity index (χ0) is 21.3. The summed E-state index contributed by atoms with van der Waals surface area (Å²) in [6.07, 6.45) is 2.51. The van der Waals surface area contributed by atoms with Gasteiger partial charge in [-0.3, -0.25) is 4.79 Å². The van der Waals surface area contributed by atoms with Crippen LogP contribution in [0.5, 0.6) is 0 Å². The van der Waals surface area contributed by atoms with E-state index in [0.717, 1.165) is 31.2 Å². The van der Waals surface area contributed by atoms with Crippen molar-refractivity contribution in [1.29, 1.82) is 0 Å². The molecule has 30 heavy (non-hydrogen) atoms. The Labute approximate surface area is 173 Å². The van der Waals surface area contributed by atoms with Gasteiger partial charge in [0.05, 0.1) is 11.6 Å². The number of carboxylic acid groups (broad SMARTS) is 1. The summed E-state index contributed by atoms with van der Waals surface area (Å²) < 4.78 is 13.6. The topological polar surface area (TPSA) is 115 Å². The number of hydrogen-bond donors (Lipinski definition) is 5. The number of nitrogens with zero attached hydrogens (tertiary/aromatic N) is 1. The summed E-state index contributed by atoms with van der Waals surface area (Å²) in [5.41, 5.74) is 2.38. The molecule has 0 spiro atoms. The Morgan fingerprint density at radius 1 is 1.23 bits per heavy atom. The Morgan fingerprint density at radius 2 is 2.00 bits per heavy atom. The van der Waals surface area contributed by atoms with Gasteiger partial charge in [-0.2, -0.15) is 0 Å². The summed E-state index contributed by atoms with van der Waals surface area (Å²) in [5.74, 6) is 0.430. The van der Waals surface area contributed by atoms with Gasteiger partial charge in [0.1, 0.15) is 17.5 Å². The third kappa shape index (κ3) is 4.14. The number of carbonyl (C=O) groups excluding carboxylic acids is 1. The maximum Gasteiger partial charge on any atom is 0.404 e. The van der Waals surface area contributed by atoms with E-state index in [1.54, 1.807) is 19.1 Å². The number of pyridine rings is 1. The lowest BCUT2D eigenvalue weighted by atomic mass is 9.90. The smallest absolute Gasteiger partial charge is 0.404 e. The molecule has 0 radical (unpaired) electrons. The number of rotatable bonds is 5.